The number of rotatable bonds is 7. The highest BCUT2D eigenvalue weighted by molar-refractivity contribution is 6.04. The average molecular weight is 397 g/mol. The van der Waals surface area contributed by atoms with Gasteiger partial charge in [-0.05, 0) is 75.4 Å². The SMILES string of the molecule is COc1ccc(C(=O)Nc2ccc(C(C)(C)C(=O)O)cc2)cc1OC1CCCC1. The predicted octanol–water partition coefficient (Wildman–Crippen LogP) is 4.63. The first-order valence-corrected chi connectivity index (χ1v) is 9.81. The second-order valence-electron chi connectivity index (χ2n) is 7.85. The second-order valence-corrected chi connectivity index (χ2v) is 7.85. The van der Waals surface area contributed by atoms with Crippen LogP contribution in [0.4, 0.5) is 5.69 Å². The summed E-state index contributed by atoms with van der Waals surface area (Å²) in [5.41, 5.74) is 0.729. The molecule has 0 unspecified atom stereocenters. The van der Waals surface area contributed by atoms with Gasteiger partial charge in [0.2, 0.25) is 0 Å². The fourth-order valence-corrected chi connectivity index (χ4v) is 3.39. The van der Waals surface area contributed by atoms with Gasteiger partial charge in [0.25, 0.3) is 5.91 Å². The summed E-state index contributed by atoms with van der Waals surface area (Å²) in [5, 5.41) is 12.2. The molecule has 0 aliphatic heterocycles. The third-order valence-electron chi connectivity index (χ3n) is 5.42. The molecule has 2 aromatic carbocycles. The van der Waals surface area contributed by atoms with E-state index in [2.05, 4.69) is 5.32 Å². The average Bonchev–Trinajstić information content (AvgIpc) is 3.21. The molecule has 1 saturated carbocycles. The minimum Gasteiger partial charge on any atom is -0.493 e. The smallest absolute Gasteiger partial charge is 0.313 e. The maximum atomic E-state index is 12.7. The van der Waals surface area contributed by atoms with Gasteiger partial charge in [0.15, 0.2) is 11.5 Å². The van der Waals surface area contributed by atoms with E-state index in [9.17, 15) is 14.7 Å². The first-order chi connectivity index (χ1) is 13.8. The van der Waals surface area contributed by atoms with Crippen LogP contribution in [0.3, 0.4) is 0 Å². The van der Waals surface area contributed by atoms with Crippen LogP contribution in [0.25, 0.3) is 0 Å². The van der Waals surface area contributed by atoms with Crippen molar-refractivity contribution in [2.24, 2.45) is 0 Å². The van der Waals surface area contributed by atoms with Crippen molar-refractivity contribution < 1.29 is 24.2 Å². The Bertz CT molecular complexity index is 883. The molecule has 0 bridgehead atoms. The van der Waals surface area contributed by atoms with E-state index in [0.717, 1.165) is 25.7 Å². The molecular formula is C23H27NO5. The van der Waals surface area contributed by atoms with Crippen molar-refractivity contribution in [3.8, 4) is 11.5 Å². The number of carbonyl (C=O) groups excluding carboxylic acids is 1. The zero-order valence-electron chi connectivity index (χ0n) is 17.0. The first-order valence-electron chi connectivity index (χ1n) is 9.81. The molecule has 1 amide bonds. The lowest BCUT2D eigenvalue weighted by atomic mass is 9.85. The van der Waals surface area contributed by atoms with Crippen molar-refractivity contribution >= 4 is 17.6 Å². The lowest BCUT2D eigenvalue weighted by Crippen LogP contribution is -2.28. The van der Waals surface area contributed by atoms with E-state index >= 15 is 0 Å². The van der Waals surface area contributed by atoms with Gasteiger partial charge in [0, 0.05) is 11.3 Å². The van der Waals surface area contributed by atoms with Crippen molar-refractivity contribution in [1.82, 2.24) is 0 Å². The Labute approximate surface area is 170 Å². The molecule has 1 aliphatic rings. The van der Waals surface area contributed by atoms with Crippen LogP contribution in [-0.2, 0) is 10.2 Å². The Hall–Kier alpha value is -3.02. The van der Waals surface area contributed by atoms with Crippen LogP contribution in [0.2, 0.25) is 0 Å². The Morgan fingerprint density at radius 1 is 1.03 bits per heavy atom. The van der Waals surface area contributed by atoms with Gasteiger partial charge in [-0.3, -0.25) is 9.59 Å². The topological polar surface area (TPSA) is 84.9 Å². The molecule has 2 N–H and O–H groups in total. The molecule has 3 rings (SSSR count). The summed E-state index contributed by atoms with van der Waals surface area (Å²) < 4.78 is 11.4. The number of hydrogen-bond acceptors (Lipinski definition) is 4. The van der Waals surface area contributed by atoms with E-state index < -0.39 is 11.4 Å². The van der Waals surface area contributed by atoms with E-state index in [-0.39, 0.29) is 12.0 Å². The van der Waals surface area contributed by atoms with E-state index in [1.807, 2.05) is 0 Å². The van der Waals surface area contributed by atoms with Gasteiger partial charge >= 0.3 is 5.97 Å². The molecule has 0 atom stereocenters. The third-order valence-corrected chi connectivity index (χ3v) is 5.42. The summed E-state index contributed by atoms with van der Waals surface area (Å²) in [6, 6.07) is 12.0. The lowest BCUT2D eigenvalue weighted by Gasteiger charge is -2.20. The Balaban J connectivity index is 1.74. The van der Waals surface area contributed by atoms with Crippen molar-refractivity contribution in [3.05, 3.63) is 53.6 Å². The standard InChI is InChI=1S/C23H27NO5/c1-23(2,22(26)27)16-9-11-17(12-10-16)24-21(25)15-8-13-19(28-3)20(14-15)29-18-6-4-5-7-18/h8-14,18H,4-7H2,1-3H3,(H,24,25)(H,26,27). The van der Waals surface area contributed by atoms with Crippen LogP contribution >= 0.6 is 0 Å². The Morgan fingerprint density at radius 3 is 2.28 bits per heavy atom. The van der Waals surface area contributed by atoms with E-state index in [1.54, 1.807) is 63.4 Å². The van der Waals surface area contributed by atoms with Crippen molar-refractivity contribution in [2.75, 3.05) is 12.4 Å². The van der Waals surface area contributed by atoms with Gasteiger partial charge in [-0.15, -0.1) is 0 Å². The van der Waals surface area contributed by atoms with Gasteiger partial charge in [0.05, 0.1) is 18.6 Å². The zero-order valence-corrected chi connectivity index (χ0v) is 17.0. The molecule has 154 valence electrons. The maximum Gasteiger partial charge on any atom is 0.313 e. The monoisotopic (exact) mass is 397 g/mol. The quantitative estimate of drug-likeness (QED) is 0.711. The van der Waals surface area contributed by atoms with E-state index in [0.29, 0.717) is 28.3 Å². The second kappa shape index (κ2) is 8.55. The number of methoxy groups -OCH3 is 1. The number of aliphatic carboxylic acids is 1. The molecule has 6 nitrogen and oxygen atoms in total. The number of ether oxygens (including phenoxy) is 2. The molecule has 1 fully saturated rings. The van der Waals surface area contributed by atoms with Crippen LogP contribution in [-0.4, -0.2) is 30.2 Å². The molecule has 0 aromatic heterocycles. The molecule has 2 aromatic rings. The molecular weight excluding hydrogens is 370 g/mol. The third kappa shape index (κ3) is 4.70. The number of benzene rings is 2. The number of amides is 1. The molecule has 1 aliphatic carbocycles. The van der Waals surface area contributed by atoms with Crippen LogP contribution in [0.5, 0.6) is 11.5 Å². The van der Waals surface area contributed by atoms with E-state index in [1.165, 1.54) is 0 Å². The summed E-state index contributed by atoms with van der Waals surface area (Å²) in [6.07, 6.45) is 4.49. The van der Waals surface area contributed by atoms with Gasteiger partial charge < -0.3 is 19.9 Å². The zero-order chi connectivity index (χ0) is 21.0. The van der Waals surface area contributed by atoms with Gasteiger partial charge in [0.1, 0.15) is 0 Å². The van der Waals surface area contributed by atoms with Crippen LogP contribution in [0.1, 0.15) is 55.5 Å². The summed E-state index contributed by atoms with van der Waals surface area (Å²) in [6.45, 7) is 3.29. The Morgan fingerprint density at radius 2 is 1.69 bits per heavy atom. The largest absolute Gasteiger partial charge is 0.493 e. The van der Waals surface area contributed by atoms with Crippen molar-refractivity contribution in [1.29, 1.82) is 0 Å². The van der Waals surface area contributed by atoms with Gasteiger partial charge in [-0.1, -0.05) is 12.1 Å². The van der Waals surface area contributed by atoms with Crippen LogP contribution in [0, 0.1) is 0 Å². The fraction of sp³-hybridized carbons (Fsp3) is 0.391. The molecule has 29 heavy (non-hydrogen) atoms. The highest BCUT2D eigenvalue weighted by Crippen LogP contribution is 2.33. The number of carboxylic acids is 1. The number of nitrogens with one attached hydrogen (secondary N) is 1. The minimum atomic E-state index is -0.995. The highest BCUT2D eigenvalue weighted by Gasteiger charge is 2.29. The first kappa shape index (κ1) is 20.7. The Kier molecular flexibility index (Phi) is 6.11. The number of hydrogen-bond donors (Lipinski definition) is 2. The molecule has 0 heterocycles. The highest BCUT2D eigenvalue weighted by atomic mass is 16.5. The predicted molar refractivity (Wildman–Crippen MR) is 111 cm³/mol. The van der Waals surface area contributed by atoms with Crippen LogP contribution < -0.4 is 14.8 Å². The molecule has 6 heteroatoms. The van der Waals surface area contributed by atoms with Crippen molar-refractivity contribution in [3.63, 3.8) is 0 Å². The summed E-state index contributed by atoms with van der Waals surface area (Å²) in [7, 11) is 1.58. The lowest BCUT2D eigenvalue weighted by molar-refractivity contribution is -0.142. The molecule has 0 spiro atoms. The fourth-order valence-electron chi connectivity index (χ4n) is 3.39. The number of carbonyl (C=O) groups is 2. The van der Waals surface area contributed by atoms with Gasteiger partial charge in [-0.2, -0.15) is 0 Å². The minimum absolute atomic E-state index is 0.160. The number of carboxylic acid groups (broad SMARTS) is 1. The summed E-state index contributed by atoms with van der Waals surface area (Å²) >= 11 is 0. The van der Waals surface area contributed by atoms with E-state index in [4.69, 9.17) is 9.47 Å². The van der Waals surface area contributed by atoms with Gasteiger partial charge in [-0.25, -0.2) is 0 Å². The summed E-state index contributed by atoms with van der Waals surface area (Å²) in [5.74, 6) is 0.00999. The van der Waals surface area contributed by atoms with Crippen molar-refractivity contribution in [2.45, 2.75) is 51.0 Å². The van der Waals surface area contributed by atoms with Crippen LogP contribution in [0.15, 0.2) is 42.5 Å². The summed E-state index contributed by atoms with van der Waals surface area (Å²) in [4.78, 5) is 24.1. The maximum absolute atomic E-state index is 12.7. The normalized spacial score (nSPS) is 14.4. The molecule has 0 radical (unpaired) electrons. The number of anilines is 1. The molecule has 0 saturated heterocycles.